The van der Waals surface area contributed by atoms with Gasteiger partial charge in [0.05, 0.1) is 14.1 Å². The van der Waals surface area contributed by atoms with E-state index in [0.717, 1.165) is 17.9 Å². The van der Waals surface area contributed by atoms with Crippen molar-refractivity contribution in [2.45, 2.75) is 6.92 Å². The van der Waals surface area contributed by atoms with Gasteiger partial charge in [-0.05, 0) is 13.0 Å². The lowest BCUT2D eigenvalue weighted by molar-refractivity contribution is -0.848. The molecule has 0 unspecified atom stereocenters. The van der Waals surface area contributed by atoms with Crippen LogP contribution in [-0.4, -0.2) is 31.5 Å². The normalized spacial score (nSPS) is 19.9. The Morgan fingerprint density at radius 3 is 2.93 bits per heavy atom. The third kappa shape index (κ3) is 2.21. The van der Waals surface area contributed by atoms with Crippen molar-refractivity contribution in [2.75, 3.05) is 20.6 Å². The van der Waals surface area contributed by atoms with E-state index < -0.39 is 0 Å². The molecule has 0 fully saturated rings. The molecule has 1 aliphatic heterocycles. The van der Waals surface area contributed by atoms with E-state index in [-0.39, 0.29) is 0 Å². The predicted molar refractivity (Wildman–Crippen MR) is 56.1 cm³/mol. The Labute approximate surface area is 84.4 Å². The van der Waals surface area contributed by atoms with Crippen molar-refractivity contribution in [2.24, 2.45) is 4.99 Å². The Bertz CT molecular complexity index is 342. The summed E-state index contributed by atoms with van der Waals surface area (Å²) in [6, 6.07) is 0. The Balaban J connectivity index is 2.92. The number of rotatable bonds is 2. The average molecular weight is 191 g/mol. The molecule has 0 amide bonds. The van der Waals surface area contributed by atoms with Crippen LogP contribution in [0.3, 0.4) is 0 Å². The van der Waals surface area contributed by atoms with Crippen LogP contribution in [0.25, 0.3) is 0 Å². The first-order chi connectivity index (χ1) is 6.58. The Kier molecular flexibility index (Phi) is 3.05. The number of nitrogens with one attached hydrogen (secondary N) is 1. The molecule has 0 spiro atoms. The van der Waals surface area contributed by atoms with Gasteiger partial charge < -0.3 is 0 Å². The second-order valence-electron chi connectivity index (χ2n) is 3.79. The summed E-state index contributed by atoms with van der Waals surface area (Å²) in [6.45, 7) is 2.95. The summed E-state index contributed by atoms with van der Waals surface area (Å²) in [4.78, 5) is 4.25. The first-order valence-electron chi connectivity index (χ1n) is 4.46. The van der Waals surface area contributed by atoms with Gasteiger partial charge in [0.2, 0.25) is 5.82 Å². The zero-order valence-electron chi connectivity index (χ0n) is 8.78. The summed E-state index contributed by atoms with van der Waals surface area (Å²) in [7, 11) is 4.18. The van der Waals surface area contributed by atoms with Gasteiger partial charge in [-0.25, -0.2) is 0 Å². The lowest BCUT2D eigenvalue weighted by Crippen LogP contribution is -2.40. The molecule has 1 rings (SSSR count). The number of quaternary nitrogens is 1. The van der Waals surface area contributed by atoms with Crippen LogP contribution in [0.15, 0.2) is 28.5 Å². The van der Waals surface area contributed by atoms with E-state index in [1.807, 2.05) is 6.92 Å². The molecule has 4 heteroatoms. The third-order valence-corrected chi connectivity index (χ3v) is 2.17. The van der Waals surface area contributed by atoms with Crippen molar-refractivity contribution < 1.29 is 4.48 Å². The minimum absolute atomic E-state index is 0.714. The minimum atomic E-state index is 0.714. The smallest absolute Gasteiger partial charge is 0.231 e. The second kappa shape index (κ2) is 4.07. The number of aliphatic imine (C=N–C) groups is 1. The maximum Gasteiger partial charge on any atom is 0.231 e. The molecule has 1 heterocycles. The number of nitrogens with zero attached hydrogens (tertiary/aromatic N) is 3. The molecule has 0 atom stereocenters. The van der Waals surface area contributed by atoms with Crippen LogP contribution >= 0.6 is 0 Å². The largest absolute Gasteiger partial charge is 0.283 e. The molecule has 0 radical (unpaired) electrons. The van der Waals surface area contributed by atoms with Crippen LogP contribution in [0.5, 0.6) is 0 Å². The highest BCUT2D eigenvalue weighted by Crippen LogP contribution is 2.21. The maximum absolute atomic E-state index is 8.30. The van der Waals surface area contributed by atoms with E-state index >= 15 is 0 Å². The fourth-order valence-electron chi connectivity index (χ4n) is 1.51. The van der Waals surface area contributed by atoms with Crippen molar-refractivity contribution in [1.29, 1.82) is 5.26 Å². The van der Waals surface area contributed by atoms with Gasteiger partial charge in [0.1, 0.15) is 12.9 Å². The molecule has 0 aromatic rings. The van der Waals surface area contributed by atoms with Crippen molar-refractivity contribution in [3.63, 3.8) is 0 Å². The van der Waals surface area contributed by atoms with Gasteiger partial charge in [-0.15, -0.1) is 0 Å². The number of hydrogen-bond donors (Lipinski definition) is 1. The van der Waals surface area contributed by atoms with Crippen LogP contribution in [0, 0.1) is 11.5 Å². The molecule has 0 aromatic heterocycles. The van der Waals surface area contributed by atoms with E-state index in [1.54, 1.807) is 6.19 Å². The van der Waals surface area contributed by atoms with Crippen molar-refractivity contribution >= 4 is 6.34 Å². The molecule has 0 saturated carbocycles. The number of likely N-dealkylation sites (N-methyl/N-ethyl adjacent to an activating group) is 1. The van der Waals surface area contributed by atoms with Gasteiger partial charge in [0, 0.05) is 5.57 Å². The van der Waals surface area contributed by atoms with E-state index in [2.05, 4.69) is 36.6 Å². The zero-order chi connectivity index (χ0) is 10.6. The Morgan fingerprint density at radius 1 is 1.64 bits per heavy atom. The van der Waals surface area contributed by atoms with Gasteiger partial charge in [-0.1, -0.05) is 6.08 Å². The number of allylic oxidation sites excluding steroid dienone is 2. The van der Waals surface area contributed by atoms with E-state index in [0.29, 0.717) is 4.48 Å². The topological polar surface area (TPSA) is 48.2 Å². The highest BCUT2D eigenvalue weighted by molar-refractivity contribution is 5.58. The summed E-state index contributed by atoms with van der Waals surface area (Å²) >= 11 is 0. The summed E-state index contributed by atoms with van der Waals surface area (Å²) in [5.41, 5.74) is 1.14. The third-order valence-electron chi connectivity index (χ3n) is 2.17. The monoisotopic (exact) mass is 191 g/mol. The van der Waals surface area contributed by atoms with Crippen LogP contribution in [0.4, 0.5) is 0 Å². The molecular weight excluding hydrogens is 176 g/mol. The molecule has 0 bridgehead atoms. The molecule has 4 nitrogen and oxygen atoms in total. The first kappa shape index (κ1) is 10.5. The first-order valence-corrected chi connectivity index (χ1v) is 4.46. The fourth-order valence-corrected chi connectivity index (χ4v) is 1.51. The fraction of sp³-hybridized carbons (Fsp3) is 0.400. The Morgan fingerprint density at radius 2 is 2.36 bits per heavy atom. The molecule has 0 aliphatic carbocycles. The predicted octanol–water partition coefficient (Wildman–Crippen LogP) is 0.963. The molecule has 0 saturated heterocycles. The van der Waals surface area contributed by atoms with Gasteiger partial charge in [-0.2, -0.15) is 10.3 Å². The second-order valence-corrected chi connectivity index (χ2v) is 3.79. The van der Waals surface area contributed by atoms with Crippen LogP contribution in [0.1, 0.15) is 6.92 Å². The minimum Gasteiger partial charge on any atom is -0.283 e. The van der Waals surface area contributed by atoms with Crippen LogP contribution in [-0.2, 0) is 0 Å². The molecule has 0 aromatic carbocycles. The molecule has 74 valence electrons. The van der Waals surface area contributed by atoms with Gasteiger partial charge in [-0.3, -0.25) is 9.80 Å². The van der Waals surface area contributed by atoms with E-state index in [9.17, 15) is 0 Å². The Hall–Kier alpha value is -1.60. The van der Waals surface area contributed by atoms with Crippen LogP contribution in [0.2, 0.25) is 0 Å². The molecule has 1 aliphatic rings. The summed E-state index contributed by atoms with van der Waals surface area (Å²) in [5.74, 6) is 0.982. The van der Waals surface area contributed by atoms with E-state index in [4.69, 9.17) is 5.26 Å². The highest BCUT2D eigenvalue weighted by Gasteiger charge is 2.24. The van der Waals surface area contributed by atoms with E-state index in [1.165, 1.54) is 6.34 Å². The average Bonchev–Trinajstić information content (AvgIpc) is 2.09. The van der Waals surface area contributed by atoms with Crippen molar-refractivity contribution in [3.8, 4) is 6.19 Å². The summed E-state index contributed by atoms with van der Waals surface area (Å²) in [6.07, 6.45) is 7.42. The highest BCUT2D eigenvalue weighted by atomic mass is 15.4. The van der Waals surface area contributed by atoms with Gasteiger partial charge in [0.15, 0.2) is 6.19 Å². The standard InChI is InChI=1S/C10H15N4/c1-9-5-4-6-14(2,3)10(9)13-8-12-7-11/h4-5,8H,6H2,1-3H3,(H,12,13)/q+1. The van der Waals surface area contributed by atoms with Crippen LogP contribution < -0.4 is 5.32 Å². The number of hydrogen-bond acceptors (Lipinski definition) is 2. The number of nitriles is 1. The quantitative estimate of drug-likeness (QED) is 0.232. The maximum atomic E-state index is 8.30. The lowest BCUT2D eigenvalue weighted by Gasteiger charge is -2.30. The van der Waals surface area contributed by atoms with Gasteiger partial charge >= 0.3 is 0 Å². The van der Waals surface area contributed by atoms with Gasteiger partial charge in [0.25, 0.3) is 0 Å². The SMILES string of the molecule is CC1=C(N=CNC#N)[N+](C)(C)CC=C1. The molecular formula is C10H15N4+. The molecule has 14 heavy (non-hydrogen) atoms. The summed E-state index contributed by atoms with van der Waals surface area (Å²) in [5, 5.41) is 10.7. The van der Waals surface area contributed by atoms with Crippen molar-refractivity contribution in [1.82, 2.24) is 5.32 Å². The van der Waals surface area contributed by atoms with Crippen molar-refractivity contribution in [3.05, 3.63) is 23.5 Å². The lowest BCUT2D eigenvalue weighted by atomic mass is 10.2. The zero-order valence-corrected chi connectivity index (χ0v) is 8.78. The molecule has 1 N–H and O–H groups in total. The summed E-state index contributed by atoms with van der Waals surface area (Å²) < 4.78 is 0.714.